The van der Waals surface area contributed by atoms with Crippen LogP contribution >= 0.6 is 0 Å². The Kier molecular flexibility index (Phi) is 38.5. The predicted octanol–water partition coefficient (Wildman–Crippen LogP) is 8.16. The standard InChI is InChI=1S/C57H97NO13/c1-3-5-7-9-11-13-15-17-19-20-21-22-23-24-25-26-27-29-31-33-35-37-39-41-49(62)58-45(46(61)40-38-36-34-32-30-28-18-16-14-12-10-8-6-4-2)44-68-56-54(67)52(65)55(48(43-60)70-56)71-57-53(66)51(64)50(63)47(42-59)69-57/h5,7,11,13-14,16-17,19,21-22,30,32,38,40,45-48,50-57,59-61,63-67H,3-4,6,8-10,12,15,18,20,23-29,31,33-37,39,41-44H2,1-2H3,(H,58,62)/b7-5-,13-11-,16-14+,19-17-,22-21-,32-30+,40-38+. The molecule has 0 aromatic carbocycles. The van der Waals surface area contributed by atoms with Crippen LogP contribution in [-0.4, -0.2) is 140 Å². The number of allylic oxidation sites excluding steroid dienone is 13. The normalized spacial score (nSPS) is 26.5. The lowest BCUT2D eigenvalue weighted by Gasteiger charge is -2.46. The Morgan fingerprint density at radius 3 is 1.55 bits per heavy atom. The van der Waals surface area contributed by atoms with Gasteiger partial charge in [-0.3, -0.25) is 4.79 Å². The van der Waals surface area contributed by atoms with E-state index in [1.807, 2.05) is 6.08 Å². The average molecular weight is 1000 g/mol. The molecular formula is C57H97NO13. The molecule has 2 aliphatic heterocycles. The van der Waals surface area contributed by atoms with E-state index in [0.717, 1.165) is 77.0 Å². The number of carbonyl (C=O) groups is 1. The predicted molar refractivity (Wildman–Crippen MR) is 281 cm³/mol. The SMILES string of the molecule is CC/C=C\C/C=C\C/C=C\C/C=C\CCCCCCCCCCCCC(=O)NC(COC1OC(CO)C(OC2OC(CO)C(O)C(O)C2O)C(O)C1O)C(O)/C=C/CC/C=C/CC/C=C/CCCCCC. The van der Waals surface area contributed by atoms with Crippen LogP contribution in [0.1, 0.15) is 174 Å². The minimum absolute atomic E-state index is 0.260. The van der Waals surface area contributed by atoms with Crippen LogP contribution in [0, 0.1) is 0 Å². The summed E-state index contributed by atoms with van der Waals surface area (Å²) in [6.45, 7) is 2.61. The van der Waals surface area contributed by atoms with Gasteiger partial charge in [0, 0.05) is 6.42 Å². The minimum atomic E-state index is -1.80. The monoisotopic (exact) mass is 1000 g/mol. The van der Waals surface area contributed by atoms with Crippen molar-refractivity contribution >= 4 is 5.91 Å². The lowest BCUT2D eigenvalue weighted by atomic mass is 9.97. The van der Waals surface area contributed by atoms with Gasteiger partial charge in [-0.05, 0) is 83.5 Å². The van der Waals surface area contributed by atoms with Crippen LogP contribution in [0.3, 0.4) is 0 Å². The Bertz CT molecular complexity index is 1510. The molecule has 2 fully saturated rings. The van der Waals surface area contributed by atoms with E-state index in [1.54, 1.807) is 6.08 Å². The number of aliphatic hydroxyl groups is 8. The van der Waals surface area contributed by atoms with Gasteiger partial charge >= 0.3 is 0 Å². The molecule has 12 atom stereocenters. The molecule has 0 spiro atoms. The van der Waals surface area contributed by atoms with Crippen molar-refractivity contribution in [3.05, 3.63) is 85.1 Å². The van der Waals surface area contributed by atoms with Crippen LogP contribution in [-0.2, 0) is 23.7 Å². The topological polar surface area (TPSA) is 228 Å². The average Bonchev–Trinajstić information content (AvgIpc) is 3.37. The van der Waals surface area contributed by atoms with Gasteiger partial charge in [-0.2, -0.15) is 0 Å². The molecular weight excluding hydrogens is 907 g/mol. The van der Waals surface area contributed by atoms with Crippen LogP contribution in [0.5, 0.6) is 0 Å². The molecule has 9 N–H and O–H groups in total. The first kappa shape index (κ1) is 64.3. The van der Waals surface area contributed by atoms with Gasteiger partial charge < -0.3 is 65.1 Å². The maximum atomic E-state index is 13.2. The van der Waals surface area contributed by atoms with E-state index in [0.29, 0.717) is 12.8 Å². The van der Waals surface area contributed by atoms with Crippen LogP contribution < -0.4 is 5.32 Å². The fourth-order valence-electron chi connectivity index (χ4n) is 8.37. The van der Waals surface area contributed by atoms with Crippen LogP contribution in [0.15, 0.2) is 85.1 Å². The summed E-state index contributed by atoms with van der Waals surface area (Å²) in [5.41, 5.74) is 0. The number of carbonyl (C=O) groups excluding carboxylic acids is 1. The molecule has 0 radical (unpaired) electrons. The summed E-state index contributed by atoms with van der Waals surface area (Å²) in [4.78, 5) is 13.2. The summed E-state index contributed by atoms with van der Waals surface area (Å²) in [6.07, 6.45) is 39.0. The van der Waals surface area contributed by atoms with Crippen molar-refractivity contribution in [1.29, 1.82) is 0 Å². The third-order valence-electron chi connectivity index (χ3n) is 12.8. The Balaban J connectivity index is 1.80. The van der Waals surface area contributed by atoms with Crippen molar-refractivity contribution in [3.8, 4) is 0 Å². The number of nitrogens with one attached hydrogen (secondary N) is 1. The van der Waals surface area contributed by atoms with Crippen molar-refractivity contribution in [2.24, 2.45) is 0 Å². The molecule has 2 heterocycles. The molecule has 1 amide bonds. The highest BCUT2D eigenvalue weighted by Gasteiger charge is 2.51. The first-order valence-electron chi connectivity index (χ1n) is 27.3. The Hall–Kier alpha value is -2.83. The van der Waals surface area contributed by atoms with Gasteiger partial charge in [0.1, 0.15) is 48.8 Å². The fourth-order valence-corrected chi connectivity index (χ4v) is 8.37. The van der Waals surface area contributed by atoms with E-state index in [9.17, 15) is 45.6 Å². The third kappa shape index (κ3) is 29.0. The lowest BCUT2D eigenvalue weighted by molar-refractivity contribution is -0.359. The summed E-state index contributed by atoms with van der Waals surface area (Å²) < 4.78 is 22.7. The highest BCUT2D eigenvalue weighted by Crippen LogP contribution is 2.30. The fraction of sp³-hybridized carbons (Fsp3) is 0.737. The van der Waals surface area contributed by atoms with Gasteiger partial charge in [0.2, 0.25) is 5.91 Å². The van der Waals surface area contributed by atoms with Crippen molar-refractivity contribution in [3.63, 3.8) is 0 Å². The number of unbranched alkanes of at least 4 members (excludes halogenated alkanes) is 16. The van der Waals surface area contributed by atoms with Crippen molar-refractivity contribution in [1.82, 2.24) is 5.32 Å². The molecule has 2 saturated heterocycles. The van der Waals surface area contributed by atoms with Gasteiger partial charge in [-0.25, -0.2) is 0 Å². The lowest BCUT2D eigenvalue weighted by Crippen LogP contribution is -2.65. The Labute approximate surface area is 427 Å². The molecule has 0 aromatic heterocycles. The maximum Gasteiger partial charge on any atom is 0.220 e. The van der Waals surface area contributed by atoms with Crippen molar-refractivity contribution < 1.29 is 64.6 Å². The Morgan fingerprint density at radius 1 is 0.521 bits per heavy atom. The first-order valence-corrected chi connectivity index (χ1v) is 27.3. The molecule has 408 valence electrons. The van der Waals surface area contributed by atoms with E-state index in [2.05, 4.69) is 92.1 Å². The third-order valence-corrected chi connectivity index (χ3v) is 12.8. The molecule has 0 bridgehead atoms. The Morgan fingerprint density at radius 2 is 0.986 bits per heavy atom. The molecule has 0 aromatic rings. The molecule has 0 aliphatic carbocycles. The quantitative estimate of drug-likeness (QED) is 0.0208. The molecule has 14 heteroatoms. The molecule has 14 nitrogen and oxygen atoms in total. The molecule has 2 aliphatic rings. The minimum Gasteiger partial charge on any atom is -0.394 e. The second-order valence-corrected chi connectivity index (χ2v) is 19.0. The number of hydrogen-bond acceptors (Lipinski definition) is 13. The summed E-state index contributed by atoms with van der Waals surface area (Å²) in [7, 11) is 0. The van der Waals surface area contributed by atoms with Crippen LogP contribution in [0.4, 0.5) is 0 Å². The summed E-state index contributed by atoms with van der Waals surface area (Å²) >= 11 is 0. The van der Waals surface area contributed by atoms with E-state index in [4.69, 9.17) is 18.9 Å². The summed E-state index contributed by atoms with van der Waals surface area (Å²) in [6, 6.07) is -0.944. The van der Waals surface area contributed by atoms with Gasteiger partial charge in [-0.1, -0.05) is 170 Å². The van der Waals surface area contributed by atoms with E-state index in [1.165, 1.54) is 64.2 Å². The second kappa shape index (κ2) is 42.5. The smallest absolute Gasteiger partial charge is 0.220 e. The van der Waals surface area contributed by atoms with E-state index < -0.39 is 86.8 Å². The number of hydrogen-bond donors (Lipinski definition) is 9. The highest BCUT2D eigenvalue weighted by atomic mass is 16.7. The maximum absolute atomic E-state index is 13.2. The van der Waals surface area contributed by atoms with Crippen molar-refractivity contribution in [2.75, 3.05) is 19.8 Å². The molecule has 12 unspecified atom stereocenters. The van der Waals surface area contributed by atoms with Gasteiger partial charge in [-0.15, -0.1) is 0 Å². The van der Waals surface area contributed by atoms with Crippen molar-refractivity contribution in [2.45, 2.75) is 248 Å². The number of aliphatic hydroxyl groups excluding tert-OH is 8. The largest absolute Gasteiger partial charge is 0.394 e. The first-order chi connectivity index (χ1) is 34.6. The number of amides is 1. The highest BCUT2D eigenvalue weighted by molar-refractivity contribution is 5.76. The zero-order valence-corrected chi connectivity index (χ0v) is 43.4. The van der Waals surface area contributed by atoms with Gasteiger partial charge in [0.05, 0.1) is 32.0 Å². The summed E-state index contributed by atoms with van der Waals surface area (Å²) in [5, 5.41) is 86.8. The second-order valence-electron chi connectivity index (χ2n) is 19.0. The van der Waals surface area contributed by atoms with Crippen LogP contribution in [0.25, 0.3) is 0 Å². The van der Waals surface area contributed by atoms with E-state index >= 15 is 0 Å². The zero-order chi connectivity index (χ0) is 51.7. The zero-order valence-electron chi connectivity index (χ0n) is 43.4. The number of rotatable bonds is 41. The molecule has 71 heavy (non-hydrogen) atoms. The van der Waals surface area contributed by atoms with Gasteiger partial charge in [0.25, 0.3) is 0 Å². The molecule has 2 rings (SSSR count). The summed E-state index contributed by atoms with van der Waals surface area (Å²) in [5.74, 6) is -0.263. The van der Waals surface area contributed by atoms with Gasteiger partial charge in [0.15, 0.2) is 12.6 Å². The number of ether oxygens (including phenoxy) is 4. The molecule has 0 saturated carbocycles. The van der Waals surface area contributed by atoms with E-state index in [-0.39, 0.29) is 18.9 Å². The van der Waals surface area contributed by atoms with Crippen LogP contribution in [0.2, 0.25) is 0 Å².